The first-order valence-corrected chi connectivity index (χ1v) is 10.8. The van der Waals surface area contributed by atoms with Crippen LogP contribution in [-0.4, -0.2) is 40.5 Å². The Morgan fingerprint density at radius 3 is 2.59 bits per heavy atom. The molecule has 2 rings (SSSR count). The van der Waals surface area contributed by atoms with Crippen molar-refractivity contribution in [3.8, 4) is 0 Å². The van der Waals surface area contributed by atoms with Crippen molar-refractivity contribution in [2.45, 2.75) is 46.2 Å². The van der Waals surface area contributed by atoms with Crippen LogP contribution in [0, 0.1) is 0 Å². The van der Waals surface area contributed by atoms with Crippen LogP contribution in [0.15, 0.2) is 21.7 Å². The van der Waals surface area contributed by atoms with Gasteiger partial charge in [0.05, 0.1) is 10.9 Å². The number of carbonyl (C=O) groups excluding carboxylic acids is 1. The zero-order valence-electron chi connectivity index (χ0n) is 17.0. The van der Waals surface area contributed by atoms with Crippen molar-refractivity contribution in [3.05, 3.63) is 42.2 Å². The topological polar surface area (TPSA) is 104 Å². The first kappa shape index (κ1) is 23.2. The number of likely N-dealkylation sites (N-methyl/N-ethyl adjacent to an activating group) is 1. The summed E-state index contributed by atoms with van der Waals surface area (Å²) in [5.74, 6) is -0.222. The van der Waals surface area contributed by atoms with Crippen molar-refractivity contribution in [2.24, 2.45) is 0 Å². The van der Waals surface area contributed by atoms with Crippen LogP contribution in [0.4, 0.5) is 11.5 Å². The number of thiophene rings is 1. The number of anilines is 2. The zero-order chi connectivity index (χ0) is 21.6. The third-order valence-electron chi connectivity index (χ3n) is 4.43. The van der Waals surface area contributed by atoms with Gasteiger partial charge in [-0.1, -0.05) is 31.9 Å². The van der Waals surface area contributed by atoms with Gasteiger partial charge >= 0.3 is 5.69 Å². The molecule has 0 bridgehead atoms. The molecule has 29 heavy (non-hydrogen) atoms. The number of nitrogens with zero attached hydrogens (tertiary/aromatic N) is 3. The van der Waals surface area contributed by atoms with Crippen molar-refractivity contribution >= 4 is 40.4 Å². The number of amides is 1. The molecule has 0 saturated carbocycles. The lowest BCUT2D eigenvalue weighted by molar-refractivity contribution is -0.119. The quantitative estimate of drug-likeness (QED) is 0.589. The number of unbranched alkanes of at least 4 members (excludes halogenated alkanes) is 1. The second-order valence-corrected chi connectivity index (χ2v) is 8.72. The number of nitrogens with two attached hydrogens (primary N) is 1. The number of carbonyl (C=O) groups is 1. The third kappa shape index (κ3) is 5.94. The largest absolute Gasteiger partial charge is 0.383 e. The molecule has 2 heterocycles. The molecule has 0 aliphatic heterocycles. The molecule has 0 saturated heterocycles. The lowest BCUT2D eigenvalue weighted by atomic mass is 10.2. The second kappa shape index (κ2) is 10.6. The fraction of sp³-hybridized carbons (Fsp3) is 0.526. The van der Waals surface area contributed by atoms with Crippen molar-refractivity contribution in [3.63, 3.8) is 0 Å². The molecule has 0 fully saturated rings. The summed E-state index contributed by atoms with van der Waals surface area (Å²) in [6.45, 7) is 5.29. The molecular weight excluding hydrogens is 414 g/mol. The minimum Gasteiger partial charge on any atom is -0.383 e. The van der Waals surface area contributed by atoms with Gasteiger partial charge in [-0.15, -0.1) is 11.3 Å². The maximum Gasteiger partial charge on any atom is 0.330 e. The Hall–Kier alpha value is -2.10. The Balaban J connectivity index is 2.31. The Morgan fingerprint density at radius 2 is 2.00 bits per heavy atom. The summed E-state index contributed by atoms with van der Waals surface area (Å²) in [6.07, 6.45) is 2.23. The van der Waals surface area contributed by atoms with Gasteiger partial charge in [0.2, 0.25) is 5.91 Å². The maximum atomic E-state index is 13.1. The number of hydrogen-bond donors (Lipinski definition) is 2. The van der Waals surface area contributed by atoms with E-state index >= 15 is 0 Å². The molecule has 0 spiro atoms. The number of aromatic nitrogens is 2. The number of halogens is 1. The van der Waals surface area contributed by atoms with Crippen LogP contribution in [0.5, 0.6) is 0 Å². The molecule has 10 heteroatoms. The van der Waals surface area contributed by atoms with Gasteiger partial charge in [-0.05, 0) is 32.0 Å². The van der Waals surface area contributed by atoms with Crippen LogP contribution in [0.2, 0.25) is 4.34 Å². The fourth-order valence-electron chi connectivity index (χ4n) is 3.04. The van der Waals surface area contributed by atoms with Gasteiger partial charge in [-0.3, -0.25) is 24.0 Å². The Morgan fingerprint density at radius 1 is 1.28 bits per heavy atom. The molecule has 0 aromatic carbocycles. The van der Waals surface area contributed by atoms with Gasteiger partial charge in [-0.25, -0.2) is 4.79 Å². The third-order valence-corrected chi connectivity index (χ3v) is 5.64. The zero-order valence-corrected chi connectivity index (χ0v) is 18.6. The lowest BCUT2D eigenvalue weighted by Crippen LogP contribution is -2.45. The minimum absolute atomic E-state index is 0.0257. The Kier molecular flexibility index (Phi) is 8.48. The second-order valence-electron chi connectivity index (χ2n) is 6.92. The van der Waals surface area contributed by atoms with E-state index in [1.165, 1.54) is 20.8 Å². The smallest absolute Gasteiger partial charge is 0.330 e. The van der Waals surface area contributed by atoms with Crippen molar-refractivity contribution in [1.82, 2.24) is 14.5 Å². The van der Waals surface area contributed by atoms with E-state index in [2.05, 4.69) is 4.98 Å². The number of hydrogen-bond acceptors (Lipinski definition) is 6. The standard InChI is InChI=1S/C19H28ClN5O3S/c1-4-6-10-24(15(26)12-23(3)11-13-7-8-14(20)29-13)16-17(21)25(9-5-2)19(28)22-18(16)27/h7-8H,4-6,9-12,21H2,1-3H3,(H,22,27,28). The normalized spacial score (nSPS) is 11.2. The summed E-state index contributed by atoms with van der Waals surface area (Å²) < 4.78 is 2.00. The van der Waals surface area contributed by atoms with E-state index in [0.29, 0.717) is 36.8 Å². The Bertz CT molecular complexity index is 952. The van der Waals surface area contributed by atoms with Gasteiger partial charge in [0, 0.05) is 24.5 Å². The van der Waals surface area contributed by atoms with Crippen LogP contribution < -0.4 is 21.9 Å². The summed E-state index contributed by atoms with van der Waals surface area (Å²) in [7, 11) is 1.83. The highest BCUT2D eigenvalue weighted by Gasteiger charge is 2.24. The molecule has 0 atom stereocenters. The van der Waals surface area contributed by atoms with E-state index in [1.54, 1.807) is 0 Å². The van der Waals surface area contributed by atoms with Crippen molar-refractivity contribution in [2.75, 3.05) is 30.8 Å². The molecule has 160 valence electrons. The summed E-state index contributed by atoms with van der Waals surface area (Å²) in [5.41, 5.74) is 5.00. The molecule has 0 unspecified atom stereocenters. The monoisotopic (exact) mass is 441 g/mol. The number of aromatic amines is 1. The van der Waals surface area contributed by atoms with E-state index < -0.39 is 11.2 Å². The van der Waals surface area contributed by atoms with Crippen LogP contribution in [0.3, 0.4) is 0 Å². The summed E-state index contributed by atoms with van der Waals surface area (Å²) in [4.78, 5) is 44.3. The molecule has 2 aromatic rings. The summed E-state index contributed by atoms with van der Waals surface area (Å²) >= 11 is 7.43. The van der Waals surface area contributed by atoms with Gasteiger partial charge in [0.15, 0.2) is 5.69 Å². The first-order chi connectivity index (χ1) is 13.8. The maximum absolute atomic E-state index is 13.1. The summed E-state index contributed by atoms with van der Waals surface area (Å²) in [6, 6.07) is 3.74. The van der Waals surface area contributed by atoms with Gasteiger partial charge in [0.1, 0.15) is 5.82 Å². The van der Waals surface area contributed by atoms with E-state index in [9.17, 15) is 14.4 Å². The van der Waals surface area contributed by atoms with Crippen LogP contribution in [0.25, 0.3) is 0 Å². The molecule has 8 nitrogen and oxygen atoms in total. The predicted molar refractivity (Wildman–Crippen MR) is 119 cm³/mol. The molecular formula is C19H28ClN5O3S. The molecule has 0 aliphatic carbocycles. The van der Waals surface area contributed by atoms with Crippen molar-refractivity contribution in [1.29, 1.82) is 0 Å². The van der Waals surface area contributed by atoms with Crippen LogP contribution >= 0.6 is 22.9 Å². The van der Waals surface area contributed by atoms with Gasteiger partial charge in [0.25, 0.3) is 5.56 Å². The number of rotatable bonds is 10. The first-order valence-electron chi connectivity index (χ1n) is 9.64. The predicted octanol–water partition coefficient (Wildman–Crippen LogP) is 2.51. The van der Waals surface area contributed by atoms with E-state index in [1.807, 2.05) is 37.9 Å². The highest BCUT2D eigenvalue weighted by Crippen LogP contribution is 2.23. The Labute approximate surface area is 178 Å². The molecule has 0 radical (unpaired) electrons. The van der Waals surface area contributed by atoms with Crippen LogP contribution in [0.1, 0.15) is 38.0 Å². The van der Waals surface area contributed by atoms with Crippen LogP contribution in [-0.2, 0) is 17.9 Å². The molecule has 2 aromatic heterocycles. The lowest BCUT2D eigenvalue weighted by Gasteiger charge is -2.26. The molecule has 1 amide bonds. The SMILES string of the molecule is CCCCN(C(=O)CN(C)Cc1ccc(Cl)s1)c1c(N)n(CCC)c(=O)[nH]c1=O. The number of H-pyrrole nitrogens is 1. The van der Waals surface area contributed by atoms with E-state index in [-0.39, 0.29) is 24.0 Å². The van der Waals surface area contributed by atoms with Gasteiger partial charge < -0.3 is 10.6 Å². The van der Waals surface area contributed by atoms with E-state index in [0.717, 1.165) is 11.3 Å². The van der Waals surface area contributed by atoms with Gasteiger partial charge in [-0.2, -0.15) is 0 Å². The highest BCUT2D eigenvalue weighted by atomic mass is 35.5. The fourth-order valence-corrected chi connectivity index (χ4v) is 4.20. The molecule has 0 aliphatic rings. The minimum atomic E-state index is -0.642. The highest BCUT2D eigenvalue weighted by molar-refractivity contribution is 7.16. The molecule has 3 N–H and O–H groups in total. The van der Waals surface area contributed by atoms with Crippen molar-refractivity contribution < 1.29 is 4.79 Å². The number of nitrogen functional groups attached to an aromatic ring is 1. The summed E-state index contributed by atoms with van der Waals surface area (Å²) in [5, 5.41) is 0. The average Bonchev–Trinajstić information content (AvgIpc) is 3.05. The number of nitrogens with one attached hydrogen (secondary N) is 1. The van der Waals surface area contributed by atoms with E-state index in [4.69, 9.17) is 17.3 Å². The average molecular weight is 442 g/mol.